The van der Waals surface area contributed by atoms with Crippen LogP contribution >= 0.6 is 35.3 Å². The molecule has 1 amide bonds. The van der Waals surface area contributed by atoms with E-state index in [0.29, 0.717) is 3.95 Å². The van der Waals surface area contributed by atoms with E-state index in [-0.39, 0.29) is 11.2 Å². The van der Waals surface area contributed by atoms with Crippen LogP contribution in [-0.2, 0) is 4.79 Å². The first kappa shape index (κ1) is 18.8. The van der Waals surface area contributed by atoms with Crippen LogP contribution in [0.25, 0.3) is 5.69 Å². The number of rotatable bonds is 5. The number of benzene rings is 2. The van der Waals surface area contributed by atoms with E-state index in [2.05, 4.69) is 10.4 Å². The SMILES string of the molecule is Cc1cccc(C)c1NC(=O)C(C)Sc1nn(-c2ccccc2)c(=S)s1. The molecule has 0 fully saturated rings. The predicted octanol–water partition coefficient (Wildman–Crippen LogP) is 5.40. The lowest BCUT2D eigenvalue weighted by atomic mass is 10.1. The number of hydrogen-bond acceptors (Lipinski definition) is 5. The average Bonchev–Trinajstić information content (AvgIpc) is 2.99. The lowest BCUT2D eigenvalue weighted by molar-refractivity contribution is -0.115. The Morgan fingerprint density at radius 3 is 2.46 bits per heavy atom. The van der Waals surface area contributed by atoms with Crippen LogP contribution < -0.4 is 5.32 Å². The maximum Gasteiger partial charge on any atom is 0.237 e. The second kappa shape index (κ2) is 8.16. The molecule has 2 aromatic carbocycles. The summed E-state index contributed by atoms with van der Waals surface area (Å²) in [5.41, 5.74) is 3.92. The molecule has 1 heterocycles. The molecule has 134 valence electrons. The molecular weight excluding hydrogens is 382 g/mol. The Bertz CT molecular complexity index is 959. The standard InChI is InChI=1S/C19H19N3OS3/c1-12-8-7-9-13(2)16(12)20-17(23)14(3)25-18-21-22(19(24)26-18)15-10-5-4-6-11-15/h4-11,14H,1-3H3,(H,20,23). The molecule has 7 heteroatoms. The number of aryl methyl sites for hydroxylation is 2. The summed E-state index contributed by atoms with van der Waals surface area (Å²) >= 11 is 8.25. The number of anilines is 1. The monoisotopic (exact) mass is 401 g/mol. The van der Waals surface area contributed by atoms with Crippen molar-refractivity contribution in [3.63, 3.8) is 0 Å². The van der Waals surface area contributed by atoms with Crippen molar-refractivity contribution >= 4 is 46.9 Å². The van der Waals surface area contributed by atoms with Crippen molar-refractivity contribution in [3.05, 3.63) is 63.6 Å². The number of thioether (sulfide) groups is 1. The van der Waals surface area contributed by atoms with E-state index >= 15 is 0 Å². The van der Waals surface area contributed by atoms with Gasteiger partial charge in [-0.25, -0.2) is 4.68 Å². The summed E-state index contributed by atoms with van der Waals surface area (Å²) < 4.78 is 3.18. The van der Waals surface area contributed by atoms with Gasteiger partial charge < -0.3 is 5.32 Å². The number of nitrogens with zero attached hydrogens (tertiary/aromatic N) is 2. The van der Waals surface area contributed by atoms with Crippen molar-refractivity contribution in [2.45, 2.75) is 30.4 Å². The van der Waals surface area contributed by atoms with Crippen LogP contribution in [0.15, 0.2) is 52.9 Å². The van der Waals surface area contributed by atoms with Crippen molar-refractivity contribution in [2.75, 3.05) is 5.32 Å². The molecule has 0 radical (unpaired) electrons. The molecular formula is C19H19N3OS3. The van der Waals surface area contributed by atoms with Gasteiger partial charge in [0.2, 0.25) is 5.91 Å². The average molecular weight is 402 g/mol. The van der Waals surface area contributed by atoms with Gasteiger partial charge in [-0.2, -0.15) is 0 Å². The summed E-state index contributed by atoms with van der Waals surface area (Å²) in [6, 6.07) is 15.7. The first-order valence-electron chi connectivity index (χ1n) is 8.15. The summed E-state index contributed by atoms with van der Waals surface area (Å²) in [6.45, 7) is 5.87. The minimum absolute atomic E-state index is 0.0419. The molecule has 1 aromatic heterocycles. The largest absolute Gasteiger partial charge is 0.325 e. The van der Waals surface area contributed by atoms with Crippen molar-refractivity contribution < 1.29 is 4.79 Å². The zero-order valence-electron chi connectivity index (χ0n) is 14.7. The van der Waals surface area contributed by atoms with Gasteiger partial charge in [0, 0.05) is 5.69 Å². The number of nitrogens with one attached hydrogen (secondary N) is 1. The fourth-order valence-corrected chi connectivity index (χ4v) is 4.99. The molecule has 3 rings (SSSR count). The Hall–Kier alpha value is -1.96. The van der Waals surface area contributed by atoms with Gasteiger partial charge in [0.25, 0.3) is 0 Å². The quantitative estimate of drug-likeness (QED) is 0.459. The lowest BCUT2D eigenvalue weighted by Crippen LogP contribution is -2.23. The van der Waals surface area contributed by atoms with Crippen LogP contribution in [0, 0.1) is 17.8 Å². The van der Waals surface area contributed by atoms with Crippen molar-refractivity contribution in [1.82, 2.24) is 9.78 Å². The topological polar surface area (TPSA) is 46.9 Å². The Balaban J connectivity index is 1.73. The smallest absolute Gasteiger partial charge is 0.237 e. The normalized spacial score (nSPS) is 12.0. The number of carbonyl (C=O) groups is 1. The van der Waals surface area contributed by atoms with Crippen LogP contribution in [0.3, 0.4) is 0 Å². The third kappa shape index (κ3) is 4.23. The first-order chi connectivity index (χ1) is 12.5. The van der Waals surface area contributed by atoms with Crippen LogP contribution in [0.2, 0.25) is 0 Å². The highest BCUT2D eigenvalue weighted by atomic mass is 32.2. The highest BCUT2D eigenvalue weighted by molar-refractivity contribution is 8.02. The number of para-hydroxylation sites is 2. The fraction of sp³-hybridized carbons (Fsp3) is 0.211. The van der Waals surface area contributed by atoms with E-state index in [1.165, 1.54) is 23.1 Å². The van der Waals surface area contributed by atoms with Crippen LogP contribution in [0.5, 0.6) is 0 Å². The second-order valence-electron chi connectivity index (χ2n) is 5.90. The molecule has 0 aliphatic rings. The van der Waals surface area contributed by atoms with E-state index in [0.717, 1.165) is 26.8 Å². The Kier molecular flexibility index (Phi) is 5.90. The fourth-order valence-electron chi connectivity index (χ4n) is 2.48. The molecule has 1 unspecified atom stereocenters. The number of carbonyl (C=O) groups excluding carboxylic acids is 1. The second-order valence-corrected chi connectivity index (χ2v) is 9.11. The molecule has 1 N–H and O–H groups in total. The molecule has 4 nitrogen and oxygen atoms in total. The zero-order chi connectivity index (χ0) is 18.7. The van der Waals surface area contributed by atoms with Gasteiger partial charge in [-0.1, -0.05) is 59.5 Å². The van der Waals surface area contributed by atoms with Crippen LogP contribution in [0.1, 0.15) is 18.1 Å². The van der Waals surface area contributed by atoms with E-state index in [1.54, 1.807) is 4.68 Å². The lowest BCUT2D eigenvalue weighted by Gasteiger charge is -2.14. The highest BCUT2D eigenvalue weighted by Crippen LogP contribution is 2.29. The predicted molar refractivity (Wildman–Crippen MR) is 112 cm³/mol. The van der Waals surface area contributed by atoms with E-state index in [4.69, 9.17) is 12.2 Å². The molecule has 0 aliphatic carbocycles. The third-order valence-electron chi connectivity index (χ3n) is 3.91. The zero-order valence-corrected chi connectivity index (χ0v) is 17.2. The highest BCUT2D eigenvalue weighted by Gasteiger charge is 2.19. The molecule has 3 aromatic rings. The van der Waals surface area contributed by atoms with E-state index in [9.17, 15) is 4.79 Å². The van der Waals surface area contributed by atoms with Gasteiger partial charge in [-0.15, -0.1) is 5.10 Å². The maximum absolute atomic E-state index is 12.6. The number of hydrogen-bond donors (Lipinski definition) is 1. The van der Waals surface area contributed by atoms with Gasteiger partial charge in [0.15, 0.2) is 8.29 Å². The van der Waals surface area contributed by atoms with Crippen molar-refractivity contribution in [2.24, 2.45) is 0 Å². The van der Waals surface area contributed by atoms with E-state index < -0.39 is 0 Å². The Morgan fingerprint density at radius 1 is 1.15 bits per heavy atom. The summed E-state index contributed by atoms with van der Waals surface area (Å²) in [5, 5.41) is 7.32. The maximum atomic E-state index is 12.6. The molecule has 0 saturated heterocycles. The summed E-state index contributed by atoms with van der Waals surface area (Å²) in [5.74, 6) is -0.0419. The summed E-state index contributed by atoms with van der Waals surface area (Å²) in [7, 11) is 0. The first-order valence-corrected chi connectivity index (χ1v) is 10.3. The van der Waals surface area contributed by atoms with Crippen molar-refractivity contribution in [1.29, 1.82) is 0 Å². The van der Waals surface area contributed by atoms with Gasteiger partial charge in [-0.3, -0.25) is 4.79 Å². The van der Waals surface area contributed by atoms with Crippen LogP contribution in [0.4, 0.5) is 5.69 Å². The molecule has 0 spiro atoms. The van der Waals surface area contributed by atoms with Crippen LogP contribution in [-0.4, -0.2) is 20.9 Å². The Labute approximate surface area is 166 Å². The molecule has 26 heavy (non-hydrogen) atoms. The molecule has 0 bridgehead atoms. The molecule has 0 aliphatic heterocycles. The molecule has 1 atom stereocenters. The minimum Gasteiger partial charge on any atom is -0.325 e. The third-order valence-corrected chi connectivity index (χ3v) is 6.32. The van der Waals surface area contributed by atoms with Gasteiger partial charge >= 0.3 is 0 Å². The Morgan fingerprint density at radius 2 is 1.81 bits per heavy atom. The number of aromatic nitrogens is 2. The molecule has 0 saturated carbocycles. The minimum atomic E-state index is -0.279. The van der Waals surface area contributed by atoms with E-state index in [1.807, 2.05) is 69.3 Å². The summed E-state index contributed by atoms with van der Waals surface area (Å²) in [6.07, 6.45) is 0. The van der Waals surface area contributed by atoms with Gasteiger partial charge in [0.05, 0.1) is 10.9 Å². The van der Waals surface area contributed by atoms with Gasteiger partial charge in [-0.05, 0) is 56.2 Å². The number of amides is 1. The van der Waals surface area contributed by atoms with Crippen molar-refractivity contribution in [3.8, 4) is 5.69 Å². The van der Waals surface area contributed by atoms with Gasteiger partial charge in [0.1, 0.15) is 0 Å². The summed E-state index contributed by atoms with van der Waals surface area (Å²) in [4.78, 5) is 12.6.